The molecule has 0 unspecified atom stereocenters. The number of aromatic nitrogens is 2. The van der Waals surface area contributed by atoms with Crippen molar-refractivity contribution in [2.24, 2.45) is 0 Å². The van der Waals surface area contributed by atoms with Crippen LogP contribution in [-0.4, -0.2) is 26.0 Å². The third-order valence-electron chi connectivity index (χ3n) is 2.38. The number of carboxylic acid groups (broad SMARTS) is 1. The van der Waals surface area contributed by atoms with Crippen LogP contribution in [0.3, 0.4) is 0 Å². The maximum Gasteiger partial charge on any atom is 0.336 e. The quantitative estimate of drug-likeness (QED) is 0.524. The average molecular weight is 291 g/mol. The van der Waals surface area contributed by atoms with Gasteiger partial charge in [0.1, 0.15) is 0 Å². The lowest BCUT2D eigenvalue weighted by Crippen LogP contribution is -2.00. The van der Waals surface area contributed by atoms with Crippen LogP contribution in [0, 0.1) is 17.0 Å². The maximum absolute atomic E-state index is 11.1. The van der Waals surface area contributed by atoms with Gasteiger partial charge < -0.3 is 5.11 Å². The van der Waals surface area contributed by atoms with Gasteiger partial charge in [0.15, 0.2) is 5.16 Å². The molecule has 0 radical (unpaired) electrons. The van der Waals surface area contributed by atoms with E-state index >= 15 is 0 Å². The van der Waals surface area contributed by atoms with E-state index in [9.17, 15) is 14.9 Å². The van der Waals surface area contributed by atoms with Crippen molar-refractivity contribution < 1.29 is 14.8 Å². The zero-order valence-electron chi connectivity index (χ0n) is 10.3. The van der Waals surface area contributed by atoms with Crippen LogP contribution >= 0.6 is 11.8 Å². The van der Waals surface area contributed by atoms with Crippen LogP contribution in [0.15, 0.2) is 40.5 Å². The van der Waals surface area contributed by atoms with Crippen molar-refractivity contribution in [1.29, 1.82) is 0 Å². The Bertz CT molecular complexity index is 690. The zero-order valence-corrected chi connectivity index (χ0v) is 11.1. The first-order valence-corrected chi connectivity index (χ1v) is 6.28. The predicted molar refractivity (Wildman–Crippen MR) is 70.9 cm³/mol. The zero-order chi connectivity index (χ0) is 14.7. The molecule has 0 saturated carbocycles. The van der Waals surface area contributed by atoms with Gasteiger partial charge >= 0.3 is 5.97 Å². The summed E-state index contributed by atoms with van der Waals surface area (Å²) in [6.45, 7) is 1.78. The Morgan fingerprint density at radius 1 is 1.40 bits per heavy atom. The highest BCUT2D eigenvalue weighted by Gasteiger charge is 2.17. The van der Waals surface area contributed by atoms with Crippen molar-refractivity contribution in [3.05, 3.63) is 51.8 Å². The van der Waals surface area contributed by atoms with E-state index < -0.39 is 10.9 Å². The van der Waals surface area contributed by atoms with Gasteiger partial charge in [-0.1, -0.05) is 0 Å². The Morgan fingerprint density at radius 3 is 2.75 bits per heavy atom. The lowest BCUT2D eigenvalue weighted by atomic mass is 10.2. The molecule has 2 rings (SSSR count). The Balaban J connectivity index is 2.44. The number of nitrogens with zero attached hydrogens (tertiary/aromatic N) is 3. The molecule has 1 heterocycles. The van der Waals surface area contributed by atoms with Crippen LogP contribution in [0.25, 0.3) is 0 Å². The molecule has 0 aliphatic carbocycles. The van der Waals surface area contributed by atoms with E-state index in [4.69, 9.17) is 5.11 Å². The van der Waals surface area contributed by atoms with Crippen LogP contribution in [0.5, 0.6) is 0 Å². The standard InChI is InChI=1S/C12H9N3O4S/c1-7-4-5-13-12(14-7)20-10-6-8(15(18)19)2-3-9(10)11(16)17/h2-6H,1H3,(H,16,17). The van der Waals surface area contributed by atoms with Gasteiger partial charge in [-0.05, 0) is 30.8 Å². The molecule has 7 nitrogen and oxygen atoms in total. The van der Waals surface area contributed by atoms with Crippen molar-refractivity contribution in [3.8, 4) is 0 Å². The van der Waals surface area contributed by atoms with E-state index in [1.807, 2.05) is 0 Å². The number of nitro benzene ring substituents is 1. The Hall–Kier alpha value is -2.48. The van der Waals surface area contributed by atoms with Gasteiger partial charge in [0.2, 0.25) is 0 Å². The second-order valence-electron chi connectivity index (χ2n) is 3.83. The number of rotatable bonds is 4. The molecule has 0 spiro atoms. The van der Waals surface area contributed by atoms with E-state index in [1.165, 1.54) is 12.1 Å². The largest absolute Gasteiger partial charge is 0.478 e. The third kappa shape index (κ3) is 3.09. The summed E-state index contributed by atoms with van der Waals surface area (Å²) in [7, 11) is 0. The summed E-state index contributed by atoms with van der Waals surface area (Å²) in [5.74, 6) is -1.16. The highest BCUT2D eigenvalue weighted by Crippen LogP contribution is 2.31. The molecule has 1 N–H and O–H groups in total. The van der Waals surface area contributed by atoms with Gasteiger partial charge in [0, 0.05) is 28.9 Å². The number of hydrogen-bond donors (Lipinski definition) is 1. The first-order chi connectivity index (χ1) is 9.47. The summed E-state index contributed by atoms with van der Waals surface area (Å²) in [5.41, 5.74) is 0.528. The summed E-state index contributed by atoms with van der Waals surface area (Å²) in [4.78, 5) is 29.7. The number of hydrogen-bond acceptors (Lipinski definition) is 6. The molecule has 102 valence electrons. The van der Waals surface area contributed by atoms with Gasteiger partial charge in [-0.3, -0.25) is 10.1 Å². The maximum atomic E-state index is 11.1. The Kier molecular flexibility index (Phi) is 3.94. The lowest BCUT2D eigenvalue weighted by molar-refractivity contribution is -0.385. The van der Waals surface area contributed by atoms with E-state index in [1.54, 1.807) is 19.2 Å². The summed E-state index contributed by atoms with van der Waals surface area (Å²) in [5, 5.41) is 20.2. The minimum Gasteiger partial charge on any atom is -0.478 e. The summed E-state index contributed by atoms with van der Waals surface area (Å²) >= 11 is 0.981. The summed E-state index contributed by atoms with van der Waals surface area (Å²) < 4.78 is 0. The summed E-state index contributed by atoms with van der Waals surface area (Å²) in [6, 6.07) is 5.28. The Labute approximate surface area is 117 Å². The lowest BCUT2D eigenvalue weighted by Gasteiger charge is -2.05. The van der Waals surface area contributed by atoms with Crippen molar-refractivity contribution >= 4 is 23.4 Å². The highest BCUT2D eigenvalue weighted by atomic mass is 32.2. The number of benzene rings is 1. The second kappa shape index (κ2) is 5.66. The molecule has 20 heavy (non-hydrogen) atoms. The number of aromatic carboxylic acids is 1. The smallest absolute Gasteiger partial charge is 0.336 e. The molecule has 0 aliphatic rings. The predicted octanol–water partition coefficient (Wildman–Crippen LogP) is 2.54. The minimum absolute atomic E-state index is 0.0225. The molecule has 0 atom stereocenters. The first kappa shape index (κ1) is 13.9. The van der Waals surface area contributed by atoms with E-state index in [-0.39, 0.29) is 16.1 Å². The van der Waals surface area contributed by atoms with Gasteiger partial charge in [-0.2, -0.15) is 0 Å². The number of carbonyl (C=O) groups is 1. The number of carboxylic acids is 1. The third-order valence-corrected chi connectivity index (χ3v) is 3.32. The molecule has 0 aliphatic heterocycles. The van der Waals surface area contributed by atoms with Gasteiger partial charge in [0.25, 0.3) is 5.69 Å². The average Bonchev–Trinajstić information content (AvgIpc) is 2.38. The Morgan fingerprint density at radius 2 is 2.15 bits per heavy atom. The van der Waals surface area contributed by atoms with Gasteiger partial charge in [-0.15, -0.1) is 0 Å². The molecule has 2 aromatic rings. The molecule has 8 heteroatoms. The van der Waals surface area contributed by atoms with Gasteiger partial charge in [-0.25, -0.2) is 14.8 Å². The molecule has 1 aromatic heterocycles. The topological polar surface area (TPSA) is 106 Å². The van der Waals surface area contributed by atoms with Crippen molar-refractivity contribution in [2.45, 2.75) is 17.0 Å². The number of nitro groups is 1. The van der Waals surface area contributed by atoms with E-state index in [0.29, 0.717) is 5.16 Å². The normalized spacial score (nSPS) is 10.2. The first-order valence-electron chi connectivity index (χ1n) is 5.46. The van der Waals surface area contributed by atoms with E-state index in [2.05, 4.69) is 9.97 Å². The van der Waals surface area contributed by atoms with Gasteiger partial charge in [0.05, 0.1) is 10.5 Å². The molecule has 0 saturated heterocycles. The molecular weight excluding hydrogens is 282 g/mol. The SMILES string of the molecule is Cc1ccnc(Sc2cc([N+](=O)[O-])ccc2C(=O)O)n1. The molecular formula is C12H9N3O4S. The molecule has 1 aromatic carbocycles. The fourth-order valence-corrected chi connectivity index (χ4v) is 2.40. The van der Waals surface area contributed by atoms with Crippen LogP contribution in [0.4, 0.5) is 5.69 Å². The minimum atomic E-state index is -1.16. The number of non-ortho nitro benzene ring substituents is 1. The fourth-order valence-electron chi connectivity index (χ4n) is 1.46. The molecule has 0 bridgehead atoms. The summed E-state index contributed by atoms with van der Waals surface area (Å²) in [6.07, 6.45) is 1.54. The van der Waals surface area contributed by atoms with Crippen LogP contribution in [0.1, 0.15) is 16.1 Å². The van der Waals surface area contributed by atoms with E-state index in [0.717, 1.165) is 23.5 Å². The van der Waals surface area contributed by atoms with Crippen LogP contribution in [-0.2, 0) is 0 Å². The van der Waals surface area contributed by atoms with Crippen molar-refractivity contribution in [1.82, 2.24) is 9.97 Å². The molecule has 0 amide bonds. The molecule has 0 fully saturated rings. The highest BCUT2D eigenvalue weighted by molar-refractivity contribution is 7.99. The van der Waals surface area contributed by atoms with Crippen LogP contribution < -0.4 is 0 Å². The van der Waals surface area contributed by atoms with Crippen molar-refractivity contribution in [2.75, 3.05) is 0 Å². The second-order valence-corrected chi connectivity index (χ2v) is 4.83. The number of aryl methyl sites for hydroxylation is 1. The monoisotopic (exact) mass is 291 g/mol. The fraction of sp³-hybridized carbons (Fsp3) is 0.0833. The van der Waals surface area contributed by atoms with Crippen LogP contribution in [0.2, 0.25) is 0 Å². The van der Waals surface area contributed by atoms with Crippen molar-refractivity contribution in [3.63, 3.8) is 0 Å².